The summed E-state index contributed by atoms with van der Waals surface area (Å²) in [5.41, 5.74) is 2.51. The van der Waals surface area contributed by atoms with Gasteiger partial charge in [-0.15, -0.1) is 0 Å². The Bertz CT molecular complexity index is 781. The molecular formula is C13H13BrN6O. The highest BCUT2D eigenvalue weighted by Gasteiger charge is 2.20. The van der Waals surface area contributed by atoms with Crippen LogP contribution in [0.2, 0.25) is 0 Å². The minimum absolute atomic E-state index is 0.137. The van der Waals surface area contributed by atoms with E-state index >= 15 is 0 Å². The second-order valence-electron chi connectivity index (χ2n) is 4.75. The molecule has 1 unspecified atom stereocenters. The lowest BCUT2D eigenvalue weighted by molar-refractivity contribution is 0.336. The highest BCUT2D eigenvalue weighted by atomic mass is 79.9. The molecule has 21 heavy (non-hydrogen) atoms. The van der Waals surface area contributed by atoms with Gasteiger partial charge in [0, 0.05) is 6.20 Å². The Kier molecular flexibility index (Phi) is 3.54. The lowest BCUT2D eigenvalue weighted by Gasteiger charge is -2.05. The van der Waals surface area contributed by atoms with E-state index in [4.69, 9.17) is 4.52 Å². The number of nitrogens with zero attached hydrogens (tertiary/aromatic N) is 6. The maximum atomic E-state index is 5.34. The molecule has 0 N–H and O–H groups in total. The van der Waals surface area contributed by atoms with Crippen LogP contribution in [0.5, 0.6) is 0 Å². The Morgan fingerprint density at radius 3 is 2.81 bits per heavy atom. The van der Waals surface area contributed by atoms with E-state index in [-0.39, 0.29) is 6.04 Å². The molecule has 3 aromatic heterocycles. The molecule has 0 bridgehead atoms. The SMILES string of the molecule is Cc1cnn(C(C)c2nc(-c3ncnc(C)c3Br)no2)c1. The van der Waals surface area contributed by atoms with Gasteiger partial charge in [0.05, 0.1) is 16.4 Å². The molecule has 7 nitrogen and oxygen atoms in total. The molecule has 3 heterocycles. The third kappa shape index (κ3) is 2.58. The van der Waals surface area contributed by atoms with Crippen molar-refractivity contribution in [2.24, 2.45) is 0 Å². The van der Waals surface area contributed by atoms with Gasteiger partial charge in [-0.2, -0.15) is 10.1 Å². The molecule has 0 saturated carbocycles. The van der Waals surface area contributed by atoms with Crippen LogP contribution < -0.4 is 0 Å². The van der Waals surface area contributed by atoms with Crippen molar-refractivity contribution in [1.82, 2.24) is 29.9 Å². The number of aryl methyl sites for hydroxylation is 2. The van der Waals surface area contributed by atoms with Crippen LogP contribution in [0.4, 0.5) is 0 Å². The fourth-order valence-corrected chi connectivity index (χ4v) is 2.25. The molecule has 0 fully saturated rings. The molecular weight excluding hydrogens is 336 g/mol. The first-order valence-corrected chi connectivity index (χ1v) is 7.17. The Balaban J connectivity index is 1.95. The Morgan fingerprint density at radius 1 is 1.29 bits per heavy atom. The molecule has 0 aliphatic carbocycles. The van der Waals surface area contributed by atoms with Gasteiger partial charge in [0.1, 0.15) is 18.1 Å². The highest BCUT2D eigenvalue weighted by molar-refractivity contribution is 9.10. The minimum Gasteiger partial charge on any atom is -0.337 e. The molecule has 0 aliphatic rings. The van der Waals surface area contributed by atoms with Crippen LogP contribution in [-0.4, -0.2) is 29.9 Å². The van der Waals surface area contributed by atoms with Crippen LogP contribution in [0.25, 0.3) is 11.5 Å². The van der Waals surface area contributed by atoms with Crippen LogP contribution in [0, 0.1) is 13.8 Å². The summed E-state index contributed by atoms with van der Waals surface area (Å²) >= 11 is 3.45. The summed E-state index contributed by atoms with van der Waals surface area (Å²) in [6, 6.07) is -0.137. The van der Waals surface area contributed by atoms with Crippen molar-refractivity contribution in [3.05, 3.63) is 40.3 Å². The number of rotatable bonds is 3. The molecule has 0 amide bonds. The third-order valence-corrected chi connectivity index (χ3v) is 4.05. The van der Waals surface area contributed by atoms with E-state index in [2.05, 4.69) is 41.1 Å². The number of halogens is 1. The summed E-state index contributed by atoms with van der Waals surface area (Å²) in [6.45, 7) is 5.81. The normalized spacial score (nSPS) is 12.6. The summed E-state index contributed by atoms with van der Waals surface area (Å²) in [6.07, 6.45) is 5.20. The van der Waals surface area contributed by atoms with Crippen molar-refractivity contribution < 1.29 is 4.52 Å². The van der Waals surface area contributed by atoms with E-state index in [0.29, 0.717) is 17.4 Å². The zero-order chi connectivity index (χ0) is 15.0. The topological polar surface area (TPSA) is 82.5 Å². The average molecular weight is 349 g/mol. The van der Waals surface area contributed by atoms with Crippen LogP contribution >= 0.6 is 15.9 Å². The predicted octanol–water partition coefficient (Wildman–Crippen LogP) is 2.71. The lowest BCUT2D eigenvalue weighted by atomic mass is 10.3. The van der Waals surface area contributed by atoms with Crippen molar-refractivity contribution in [3.63, 3.8) is 0 Å². The van der Waals surface area contributed by atoms with E-state index < -0.39 is 0 Å². The van der Waals surface area contributed by atoms with Gasteiger partial charge in [0.2, 0.25) is 5.82 Å². The van der Waals surface area contributed by atoms with Gasteiger partial charge in [-0.05, 0) is 42.3 Å². The van der Waals surface area contributed by atoms with Gasteiger partial charge in [-0.3, -0.25) is 4.68 Å². The van der Waals surface area contributed by atoms with Gasteiger partial charge >= 0.3 is 0 Å². The van der Waals surface area contributed by atoms with E-state index in [1.54, 1.807) is 10.9 Å². The largest absolute Gasteiger partial charge is 0.337 e. The Hall–Kier alpha value is -2.09. The smallest absolute Gasteiger partial charge is 0.251 e. The van der Waals surface area contributed by atoms with Crippen molar-refractivity contribution in [1.29, 1.82) is 0 Å². The first-order chi connectivity index (χ1) is 10.1. The van der Waals surface area contributed by atoms with E-state index in [9.17, 15) is 0 Å². The van der Waals surface area contributed by atoms with E-state index in [1.807, 2.05) is 27.0 Å². The summed E-state index contributed by atoms with van der Waals surface area (Å²) in [4.78, 5) is 12.7. The Labute approximate surface area is 129 Å². The standard InChI is InChI=1S/C13H13BrN6O/c1-7-4-17-20(5-7)9(3)13-18-12(19-21-13)11-10(14)8(2)15-6-16-11/h4-6,9H,1-3H3. The fourth-order valence-electron chi connectivity index (χ4n) is 1.87. The van der Waals surface area contributed by atoms with Crippen molar-refractivity contribution in [2.45, 2.75) is 26.8 Å². The van der Waals surface area contributed by atoms with Gasteiger partial charge in [0.25, 0.3) is 5.89 Å². The van der Waals surface area contributed by atoms with Crippen molar-refractivity contribution >= 4 is 15.9 Å². The first kappa shape index (κ1) is 13.9. The Morgan fingerprint density at radius 2 is 2.10 bits per heavy atom. The molecule has 0 aromatic carbocycles. The van der Waals surface area contributed by atoms with E-state index in [0.717, 1.165) is 15.7 Å². The molecule has 0 aliphatic heterocycles. The molecule has 108 valence electrons. The molecule has 3 rings (SSSR count). The number of hydrogen-bond donors (Lipinski definition) is 0. The quantitative estimate of drug-likeness (QED) is 0.723. The molecule has 1 atom stereocenters. The van der Waals surface area contributed by atoms with Crippen LogP contribution in [0.3, 0.4) is 0 Å². The molecule has 8 heteroatoms. The van der Waals surface area contributed by atoms with Crippen LogP contribution in [-0.2, 0) is 0 Å². The second kappa shape index (κ2) is 5.36. The fraction of sp³-hybridized carbons (Fsp3) is 0.308. The number of hydrogen-bond acceptors (Lipinski definition) is 6. The summed E-state index contributed by atoms with van der Waals surface area (Å²) in [7, 11) is 0. The number of aromatic nitrogens is 6. The lowest BCUT2D eigenvalue weighted by Crippen LogP contribution is -2.07. The van der Waals surface area contributed by atoms with Crippen LogP contribution in [0.1, 0.15) is 30.1 Å². The summed E-state index contributed by atoms with van der Waals surface area (Å²) in [5.74, 6) is 0.911. The summed E-state index contributed by atoms with van der Waals surface area (Å²) in [5, 5.41) is 8.25. The van der Waals surface area contributed by atoms with Gasteiger partial charge in [0.15, 0.2) is 0 Å². The maximum Gasteiger partial charge on any atom is 0.251 e. The minimum atomic E-state index is -0.137. The molecule has 0 saturated heterocycles. The van der Waals surface area contributed by atoms with Gasteiger partial charge in [-0.25, -0.2) is 9.97 Å². The monoisotopic (exact) mass is 348 g/mol. The summed E-state index contributed by atoms with van der Waals surface area (Å²) < 4.78 is 7.88. The van der Waals surface area contributed by atoms with Gasteiger partial charge < -0.3 is 4.52 Å². The van der Waals surface area contributed by atoms with Crippen LogP contribution in [0.15, 0.2) is 27.7 Å². The average Bonchev–Trinajstić information content (AvgIpc) is 3.10. The molecule has 0 spiro atoms. The molecule has 0 radical (unpaired) electrons. The highest BCUT2D eigenvalue weighted by Crippen LogP contribution is 2.26. The zero-order valence-electron chi connectivity index (χ0n) is 11.8. The van der Waals surface area contributed by atoms with E-state index in [1.165, 1.54) is 6.33 Å². The predicted molar refractivity (Wildman–Crippen MR) is 78.5 cm³/mol. The van der Waals surface area contributed by atoms with Crippen molar-refractivity contribution in [2.75, 3.05) is 0 Å². The zero-order valence-corrected chi connectivity index (χ0v) is 13.4. The second-order valence-corrected chi connectivity index (χ2v) is 5.54. The van der Waals surface area contributed by atoms with Gasteiger partial charge in [-0.1, -0.05) is 5.16 Å². The molecule has 3 aromatic rings. The first-order valence-electron chi connectivity index (χ1n) is 6.38. The third-order valence-electron chi connectivity index (χ3n) is 3.10. The van der Waals surface area contributed by atoms with Crippen molar-refractivity contribution in [3.8, 4) is 11.5 Å². The maximum absolute atomic E-state index is 5.34.